The Hall–Kier alpha value is -4.12. The van der Waals surface area contributed by atoms with Crippen molar-refractivity contribution in [3.8, 4) is 0 Å². The van der Waals surface area contributed by atoms with Gasteiger partial charge in [0.1, 0.15) is 23.3 Å². The first kappa shape index (κ1) is 48.3. The minimum absolute atomic E-state index is 0.0264. The topological polar surface area (TPSA) is 270 Å². The van der Waals surface area contributed by atoms with Gasteiger partial charge in [-0.3, -0.25) is 24.0 Å². The Morgan fingerprint density at radius 1 is 0.879 bits per heavy atom. The number of hydrogen-bond acceptors (Lipinski definition) is 11. The fourth-order valence-corrected chi connectivity index (χ4v) is 9.57. The SMILES string of the molecule is [N-]=[N+]=Nc1c(F)c(F)c(C(=O)NC(CCCCNC(=O)CCCCCNC(=O)CCCCC2SCC3NC(=O)NC32)C(=O)NCCSSCC(N)C(=O)O)c(F)c1F. The highest BCUT2D eigenvalue weighted by Crippen LogP contribution is 2.33. The average Bonchev–Trinajstić information content (AvgIpc) is 3.75. The van der Waals surface area contributed by atoms with Gasteiger partial charge < -0.3 is 42.7 Å². The number of nitrogens with one attached hydrogen (secondary N) is 6. The molecule has 2 fully saturated rings. The predicted octanol–water partition coefficient (Wildman–Crippen LogP) is 3.88. The van der Waals surface area contributed by atoms with Crippen molar-refractivity contribution < 1.29 is 51.4 Å². The fourth-order valence-electron chi connectivity index (χ4n) is 6.01. The molecular formula is C34H48F4N10O7S3. The first-order chi connectivity index (χ1) is 27.7. The van der Waals surface area contributed by atoms with Crippen molar-refractivity contribution in [2.24, 2.45) is 10.8 Å². The standard InChI is InChI=1S/C34H48F4N10O7S3/c35-25-24(26(36)28(38)30(27(25)37)47-48-40)32(52)44-19(31(51)43-14-15-57-58-16-18(39)33(53)54)8-5-7-13-42-22(49)10-2-1-6-12-41-23(50)11-4-3-9-21-29-20(17-56-21)45-34(55)46-29/h18-21,29H,1-17,39H2,(H,41,50)(H,42,49)(H,43,51)(H,44,52)(H,53,54)(H2,45,46,55). The van der Waals surface area contributed by atoms with E-state index in [0.717, 1.165) is 35.8 Å². The first-order valence-corrected chi connectivity index (χ1v) is 22.2. The van der Waals surface area contributed by atoms with Crippen LogP contribution in [0.4, 0.5) is 28.0 Å². The number of halogens is 4. The molecule has 0 spiro atoms. The summed E-state index contributed by atoms with van der Waals surface area (Å²) >= 11 is 1.84. The molecule has 0 radical (unpaired) electrons. The molecule has 0 aromatic heterocycles. The number of fused-ring (bicyclic) bond motifs is 1. The van der Waals surface area contributed by atoms with E-state index in [1.165, 1.54) is 10.8 Å². The molecule has 58 heavy (non-hydrogen) atoms. The van der Waals surface area contributed by atoms with Crippen molar-refractivity contribution in [2.45, 2.75) is 100 Å². The van der Waals surface area contributed by atoms with E-state index in [0.29, 0.717) is 43.9 Å². The van der Waals surface area contributed by atoms with Gasteiger partial charge in [0.05, 0.1) is 12.1 Å². The number of urea groups is 1. The van der Waals surface area contributed by atoms with Crippen LogP contribution in [0.2, 0.25) is 0 Å². The van der Waals surface area contributed by atoms with E-state index in [1.807, 2.05) is 11.8 Å². The minimum atomic E-state index is -2.13. The number of carboxylic acids is 1. The summed E-state index contributed by atoms with van der Waals surface area (Å²) in [6.45, 7) is 0.731. The van der Waals surface area contributed by atoms with Crippen LogP contribution in [0.25, 0.3) is 10.4 Å². The number of aliphatic carboxylic acids is 1. The summed E-state index contributed by atoms with van der Waals surface area (Å²) in [6.07, 6.45) is 5.70. The van der Waals surface area contributed by atoms with Crippen LogP contribution in [0.15, 0.2) is 5.11 Å². The van der Waals surface area contributed by atoms with Gasteiger partial charge in [-0.25, -0.2) is 22.4 Å². The highest BCUT2D eigenvalue weighted by molar-refractivity contribution is 8.76. The summed E-state index contributed by atoms with van der Waals surface area (Å²) in [5, 5.41) is 27.9. The number of hydrogen-bond donors (Lipinski definition) is 8. The van der Waals surface area contributed by atoms with Gasteiger partial charge >= 0.3 is 12.0 Å². The number of nitrogens with zero attached hydrogens (tertiary/aromatic N) is 3. The Balaban J connectivity index is 1.35. The van der Waals surface area contributed by atoms with Crippen molar-refractivity contribution in [3.05, 3.63) is 39.3 Å². The number of carbonyl (C=O) groups is 6. The average molecular weight is 881 g/mol. The smallest absolute Gasteiger partial charge is 0.321 e. The van der Waals surface area contributed by atoms with Crippen LogP contribution in [0.5, 0.6) is 0 Å². The molecule has 2 saturated heterocycles. The molecule has 2 heterocycles. The van der Waals surface area contributed by atoms with Gasteiger partial charge in [-0.05, 0) is 50.5 Å². The second-order valence-electron chi connectivity index (χ2n) is 13.4. The molecule has 1 aromatic rings. The molecule has 3 rings (SSSR count). The molecule has 5 unspecified atom stereocenters. The molecule has 0 aliphatic carbocycles. The van der Waals surface area contributed by atoms with E-state index in [4.69, 9.17) is 16.4 Å². The Kier molecular flexibility index (Phi) is 21.1. The van der Waals surface area contributed by atoms with E-state index in [2.05, 4.69) is 41.9 Å². The number of thioether (sulfide) groups is 1. The zero-order valence-corrected chi connectivity index (χ0v) is 33.9. The van der Waals surface area contributed by atoms with Gasteiger partial charge in [0.25, 0.3) is 5.91 Å². The van der Waals surface area contributed by atoms with Gasteiger partial charge in [0, 0.05) is 59.9 Å². The van der Waals surface area contributed by atoms with Gasteiger partial charge in [0.15, 0.2) is 23.3 Å². The molecule has 24 heteroatoms. The molecule has 17 nitrogen and oxygen atoms in total. The second kappa shape index (κ2) is 25.4. The van der Waals surface area contributed by atoms with Gasteiger partial charge in [-0.2, -0.15) is 11.8 Å². The molecule has 322 valence electrons. The summed E-state index contributed by atoms with van der Waals surface area (Å²) in [7, 11) is 2.36. The maximum atomic E-state index is 14.7. The molecule has 0 bridgehead atoms. The number of carbonyl (C=O) groups excluding carboxylic acids is 5. The Bertz CT molecular complexity index is 1650. The Labute approximate surface area is 344 Å². The molecule has 9 N–H and O–H groups in total. The van der Waals surface area contributed by atoms with Gasteiger partial charge in [-0.1, -0.05) is 39.5 Å². The van der Waals surface area contributed by atoms with Crippen molar-refractivity contribution in [2.75, 3.05) is 36.9 Å². The minimum Gasteiger partial charge on any atom is -0.480 e. The number of amides is 6. The second-order valence-corrected chi connectivity index (χ2v) is 17.3. The monoisotopic (exact) mass is 880 g/mol. The summed E-state index contributed by atoms with van der Waals surface area (Å²) in [4.78, 5) is 74.8. The molecule has 5 atom stereocenters. The zero-order valence-electron chi connectivity index (χ0n) is 31.5. The molecule has 2 aliphatic rings. The highest BCUT2D eigenvalue weighted by Gasteiger charge is 2.42. The molecular weight excluding hydrogens is 833 g/mol. The number of unbranched alkanes of at least 4 members (excludes halogenated alkanes) is 4. The van der Waals surface area contributed by atoms with E-state index in [-0.39, 0.29) is 73.8 Å². The first-order valence-electron chi connectivity index (χ1n) is 18.7. The lowest BCUT2D eigenvalue weighted by Gasteiger charge is -2.19. The largest absolute Gasteiger partial charge is 0.480 e. The molecule has 6 amide bonds. The molecule has 2 aliphatic heterocycles. The van der Waals surface area contributed by atoms with Crippen LogP contribution >= 0.6 is 33.3 Å². The third kappa shape index (κ3) is 15.6. The molecule has 1 aromatic carbocycles. The summed E-state index contributed by atoms with van der Waals surface area (Å²) in [5.41, 5.74) is 10.6. The Morgan fingerprint density at radius 3 is 2.16 bits per heavy atom. The van der Waals surface area contributed by atoms with Crippen molar-refractivity contribution in [1.82, 2.24) is 31.9 Å². The number of carboxylic acid groups (broad SMARTS) is 1. The van der Waals surface area contributed by atoms with Crippen molar-refractivity contribution in [1.29, 1.82) is 0 Å². The number of azide groups is 1. The number of benzene rings is 1. The van der Waals surface area contributed by atoms with Crippen LogP contribution < -0.4 is 37.6 Å². The number of rotatable bonds is 27. The third-order valence-corrected chi connectivity index (χ3v) is 13.0. The maximum absolute atomic E-state index is 14.7. The quantitative estimate of drug-likeness (QED) is 0.00919. The summed E-state index contributed by atoms with van der Waals surface area (Å²) in [6, 6.07) is -2.30. The number of nitrogens with two attached hydrogens (primary N) is 1. The predicted molar refractivity (Wildman–Crippen MR) is 212 cm³/mol. The summed E-state index contributed by atoms with van der Waals surface area (Å²) in [5.74, 6) is -11.0. The normalized spacial score (nSPS) is 17.9. The lowest BCUT2D eigenvalue weighted by atomic mass is 10.0. The van der Waals surface area contributed by atoms with E-state index >= 15 is 0 Å². The summed E-state index contributed by atoms with van der Waals surface area (Å²) < 4.78 is 58.0. The van der Waals surface area contributed by atoms with Crippen LogP contribution in [-0.4, -0.2) is 107 Å². The van der Waals surface area contributed by atoms with Gasteiger partial charge in [-0.15, -0.1) is 0 Å². The van der Waals surface area contributed by atoms with E-state index in [9.17, 15) is 46.3 Å². The van der Waals surface area contributed by atoms with E-state index in [1.54, 1.807) is 0 Å². The van der Waals surface area contributed by atoms with Crippen molar-refractivity contribution in [3.63, 3.8) is 0 Å². The van der Waals surface area contributed by atoms with Crippen LogP contribution in [0.1, 0.15) is 81.0 Å². The molecule has 0 saturated carbocycles. The van der Waals surface area contributed by atoms with Gasteiger partial charge in [0.2, 0.25) is 17.7 Å². The third-order valence-electron chi connectivity index (χ3n) is 9.09. The van der Waals surface area contributed by atoms with Crippen LogP contribution in [-0.2, 0) is 19.2 Å². The van der Waals surface area contributed by atoms with Crippen LogP contribution in [0.3, 0.4) is 0 Å². The lowest BCUT2D eigenvalue weighted by molar-refractivity contribution is -0.138. The van der Waals surface area contributed by atoms with Crippen molar-refractivity contribution >= 4 is 74.7 Å². The highest BCUT2D eigenvalue weighted by atomic mass is 33.1. The maximum Gasteiger partial charge on any atom is 0.321 e. The lowest BCUT2D eigenvalue weighted by Crippen LogP contribution is -2.47. The fraction of sp³-hybridized carbons (Fsp3) is 0.647. The zero-order chi connectivity index (χ0) is 42.6. The van der Waals surface area contributed by atoms with Crippen LogP contribution in [0, 0.1) is 23.3 Å². The van der Waals surface area contributed by atoms with E-state index < -0.39 is 64.4 Å². The Morgan fingerprint density at radius 2 is 1.52 bits per heavy atom.